The Labute approximate surface area is 237 Å². The number of carbonyl (C=O) groups is 2. The van der Waals surface area contributed by atoms with Crippen molar-refractivity contribution in [2.75, 3.05) is 27.9 Å². The number of ketones is 1. The zero-order valence-corrected chi connectivity index (χ0v) is 24.6. The molecule has 0 bridgehead atoms. The van der Waals surface area contributed by atoms with E-state index in [1.807, 2.05) is 39.0 Å². The van der Waals surface area contributed by atoms with E-state index in [-0.39, 0.29) is 42.1 Å². The van der Waals surface area contributed by atoms with Gasteiger partial charge in [0.15, 0.2) is 28.8 Å². The molecule has 2 aliphatic rings. The van der Waals surface area contributed by atoms with Gasteiger partial charge >= 0.3 is 5.97 Å². The molecule has 2 aromatic rings. The van der Waals surface area contributed by atoms with Crippen molar-refractivity contribution in [2.45, 2.75) is 45.4 Å². The van der Waals surface area contributed by atoms with Crippen LogP contribution in [0.15, 0.2) is 57.3 Å². The van der Waals surface area contributed by atoms with Gasteiger partial charge < -0.3 is 29.4 Å². The molecule has 0 amide bonds. The quantitative estimate of drug-likeness (QED) is 0.370. The lowest BCUT2D eigenvalue weighted by Gasteiger charge is -2.37. The number of hydrogen-bond donors (Lipinski definition) is 2. The number of nitrogens with one attached hydrogen (secondary N) is 1. The number of aromatic hydroxyl groups is 1. The highest BCUT2D eigenvalue weighted by Gasteiger charge is 2.42. The highest BCUT2D eigenvalue weighted by atomic mass is 79.9. The fraction of sp³-hybridized carbons (Fsp3) is 0.400. The van der Waals surface area contributed by atoms with E-state index in [2.05, 4.69) is 21.2 Å². The molecule has 8 nitrogen and oxygen atoms in total. The highest BCUT2D eigenvalue weighted by Crippen LogP contribution is 2.48. The average Bonchev–Trinajstić information content (AvgIpc) is 2.91. The molecule has 2 unspecified atom stereocenters. The fourth-order valence-corrected chi connectivity index (χ4v) is 5.68. The van der Waals surface area contributed by atoms with Crippen LogP contribution in [0.25, 0.3) is 0 Å². The summed E-state index contributed by atoms with van der Waals surface area (Å²) in [4.78, 5) is 27.3. The Balaban J connectivity index is 1.81. The van der Waals surface area contributed by atoms with Gasteiger partial charge in [0, 0.05) is 29.3 Å². The van der Waals surface area contributed by atoms with Gasteiger partial charge in [0.05, 0.1) is 38.0 Å². The largest absolute Gasteiger partial charge is 0.503 e. The minimum Gasteiger partial charge on any atom is -0.503 e. The van der Waals surface area contributed by atoms with E-state index in [0.29, 0.717) is 44.8 Å². The van der Waals surface area contributed by atoms with Crippen LogP contribution in [0.2, 0.25) is 0 Å². The predicted octanol–water partition coefficient (Wildman–Crippen LogP) is 5.74. The Kier molecular flexibility index (Phi) is 8.59. The molecule has 0 saturated carbocycles. The minimum absolute atomic E-state index is 0.0579. The van der Waals surface area contributed by atoms with Crippen LogP contribution in [-0.4, -0.2) is 44.8 Å². The van der Waals surface area contributed by atoms with Crippen molar-refractivity contribution < 1.29 is 33.6 Å². The van der Waals surface area contributed by atoms with E-state index < -0.39 is 11.9 Å². The number of carbonyl (C=O) groups excluding carboxylic acids is 2. The number of benzene rings is 2. The first kappa shape index (κ1) is 28.5. The molecule has 0 fully saturated rings. The van der Waals surface area contributed by atoms with E-state index in [0.717, 1.165) is 11.3 Å². The van der Waals surface area contributed by atoms with Crippen LogP contribution in [0.4, 0.5) is 0 Å². The predicted molar refractivity (Wildman–Crippen MR) is 150 cm³/mol. The van der Waals surface area contributed by atoms with Crippen LogP contribution in [0, 0.1) is 5.92 Å². The fourth-order valence-electron chi connectivity index (χ4n) is 5.22. The molecule has 208 valence electrons. The summed E-state index contributed by atoms with van der Waals surface area (Å²) in [5.41, 5.74) is 3.87. The van der Waals surface area contributed by atoms with Gasteiger partial charge in [0.2, 0.25) is 0 Å². The van der Waals surface area contributed by atoms with Gasteiger partial charge in [-0.05, 0) is 76.5 Å². The summed E-state index contributed by atoms with van der Waals surface area (Å²) >= 11 is 3.39. The van der Waals surface area contributed by atoms with Gasteiger partial charge in [-0.25, -0.2) is 4.79 Å². The Morgan fingerprint density at radius 1 is 1.03 bits per heavy atom. The van der Waals surface area contributed by atoms with Gasteiger partial charge in [-0.1, -0.05) is 19.9 Å². The Bertz CT molecular complexity index is 1360. The molecular weight excluding hydrogens is 566 g/mol. The molecular formula is C30H34BrNO7. The van der Waals surface area contributed by atoms with Crippen LogP contribution < -0.4 is 19.5 Å². The first-order chi connectivity index (χ1) is 18.6. The average molecular weight is 601 g/mol. The number of allylic oxidation sites excluding steroid dienone is 3. The number of dihydropyridines is 1. The van der Waals surface area contributed by atoms with E-state index in [9.17, 15) is 14.7 Å². The summed E-state index contributed by atoms with van der Waals surface area (Å²) < 4.78 is 22.3. The van der Waals surface area contributed by atoms with Crippen LogP contribution in [0.3, 0.4) is 0 Å². The van der Waals surface area contributed by atoms with Crippen molar-refractivity contribution >= 4 is 27.7 Å². The Morgan fingerprint density at radius 2 is 1.69 bits per heavy atom. The number of methoxy groups -OCH3 is 3. The van der Waals surface area contributed by atoms with Gasteiger partial charge in [0.25, 0.3) is 0 Å². The summed E-state index contributed by atoms with van der Waals surface area (Å²) in [6, 6.07) is 9.08. The summed E-state index contributed by atoms with van der Waals surface area (Å²) in [7, 11) is 4.62. The number of phenols is 1. The first-order valence-electron chi connectivity index (χ1n) is 12.8. The SMILES string of the molecule is COc1ccc(C2CC(=O)C3=C(C2)NC(C)=C(C(=O)OCC(C)C)C3c2cc(Br)c(O)c(OC)c2)cc1OC. The van der Waals surface area contributed by atoms with E-state index >= 15 is 0 Å². The molecule has 2 N–H and O–H groups in total. The molecule has 0 saturated heterocycles. The third kappa shape index (κ3) is 5.64. The molecule has 1 heterocycles. The lowest BCUT2D eigenvalue weighted by molar-refractivity contribution is -0.140. The molecule has 0 radical (unpaired) electrons. The maximum atomic E-state index is 13.9. The van der Waals surface area contributed by atoms with Crippen molar-refractivity contribution in [1.29, 1.82) is 0 Å². The highest BCUT2D eigenvalue weighted by molar-refractivity contribution is 9.10. The monoisotopic (exact) mass is 599 g/mol. The van der Waals surface area contributed by atoms with Crippen molar-refractivity contribution in [3.8, 4) is 23.0 Å². The molecule has 0 spiro atoms. The van der Waals surface area contributed by atoms with Crippen LogP contribution in [0.1, 0.15) is 56.6 Å². The second-order valence-corrected chi connectivity index (χ2v) is 11.0. The van der Waals surface area contributed by atoms with Gasteiger partial charge in [-0.2, -0.15) is 0 Å². The standard InChI is InChI=1S/C30H34BrNO7/c1-15(2)14-39-30(35)26-16(3)32-21-10-18(17-7-8-23(36-4)24(12-17)37-5)11-22(33)28(21)27(26)19-9-20(31)29(34)25(13-19)38-6/h7-9,12-13,15,18,27,32,34H,10-11,14H2,1-6H3. The maximum absolute atomic E-state index is 13.9. The number of hydrogen-bond acceptors (Lipinski definition) is 8. The topological polar surface area (TPSA) is 103 Å². The second-order valence-electron chi connectivity index (χ2n) is 10.2. The lowest BCUT2D eigenvalue weighted by atomic mass is 9.71. The molecule has 1 aliphatic heterocycles. The molecule has 1 aliphatic carbocycles. The zero-order valence-electron chi connectivity index (χ0n) is 23.0. The van der Waals surface area contributed by atoms with Crippen LogP contribution in [0.5, 0.6) is 23.0 Å². The third-order valence-electron chi connectivity index (χ3n) is 7.08. The van der Waals surface area contributed by atoms with Gasteiger partial charge in [0.1, 0.15) is 0 Å². The molecule has 9 heteroatoms. The van der Waals surface area contributed by atoms with E-state index in [4.69, 9.17) is 18.9 Å². The number of rotatable bonds is 8. The van der Waals surface area contributed by atoms with E-state index in [1.54, 1.807) is 26.4 Å². The summed E-state index contributed by atoms with van der Waals surface area (Å²) in [6.07, 6.45) is 0.825. The zero-order chi connectivity index (χ0) is 28.4. The number of esters is 1. The van der Waals surface area contributed by atoms with Crippen molar-refractivity contribution in [3.63, 3.8) is 0 Å². The third-order valence-corrected chi connectivity index (χ3v) is 7.68. The van der Waals surface area contributed by atoms with Crippen molar-refractivity contribution in [2.24, 2.45) is 5.92 Å². The van der Waals surface area contributed by atoms with Crippen molar-refractivity contribution in [3.05, 3.63) is 68.5 Å². The lowest BCUT2D eigenvalue weighted by Crippen LogP contribution is -2.36. The normalized spacial score (nSPS) is 19.0. The molecule has 0 aromatic heterocycles. The van der Waals surface area contributed by atoms with Crippen LogP contribution in [-0.2, 0) is 14.3 Å². The summed E-state index contributed by atoms with van der Waals surface area (Å²) in [5.74, 6) is 0.218. The van der Waals surface area contributed by atoms with Crippen LogP contribution >= 0.6 is 15.9 Å². The summed E-state index contributed by atoms with van der Waals surface area (Å²) in [6.45, 7) is 6.01. The smallest absolute Gasteiger partial charge is 0.336 e. The van der Waals surface area contributed by atoms with E-state index in [1.165, 1.54) is 7.11 Å². The first-order valence-corrected chi connectivity index (χ1v) is 13.6. The number of phenolic OH excluding ortho intramolecular Hbond substituents is 1. The molecule has 39 heavy (non-hydrogen) atoms. The van der Waals surface area contributed by atoms with Crippen molar-refractivity contribution in [1.82, 2.24) is 5.32 Å². The Morgan fingerprint density at radius 3 is 2.33 bits per heavy atom. The second kappa shape index (κ2) is 11.7. The Hall–Kier alpha value is -3.46. The maximum Gasteiger partial charge on any atom is 0.336 e. The number of halogens is 1. The number of ether oxygens (including phenoxy) is 4. The minimum atomic E-state index is -0.689. The summed E-state index contributed by atoms with van der Waals surface area (Å²) in [5, 5.41) is 13.8. The van der Waals surface area contributed by atoms with Gasteiger partial charge in [-0.3, -0.25) is 4.79 Å². The van der Waals surface area contributed by atoms with Gasteiger partial charge in [-0.15, -0.1) is 0 Å². The molecule has 2 aromatic carbocycles. The molecule has 4 rings (SSSR count). The molecule has 2 atom stereocenters. The number of Topliss-reactive ketones (excluding diaryl/α,β-unsaturated/α-hetero) is 1.